The second kappa shape index (κ2) is 13.9. The topological polar surface area (TPSA) is 106 Å². The van der Waals surface area contributed by atoms with Gasteiger partial charge >= 0.3 is 0 Å². The number of rotatable bonds is 12. The summed E-state index contributed by atoms with van der Waals surface area (Å²) in [6, 6.07) is 11.5. The van der Waals surface area contributed by atoms with E-state index in [2.05, 4.69) is 37.1 Å². The number of nitrogens with zero attached hydrogens (tertiary/aromatic N) is 8. The number of fused-ring (bicyclic) bond motifs is 1. The Bertz CT molecular complexity index is 1720. The van der Waals surface area contributed by atoms with Gasteiger partial charge in [0.1, 0.15) is 35.2 Å². The van der Waals surface area contributed by atoms with Gasteiger partial charge in [0.25, 0.3) is 0 Å². The Kier molecular flexibility index (Phi) is 9.36. The zero-order valence-electron chi connectivity index (χ0n) is 25.3. The quantitative estimate of drug-likeness (QED) is 0.197. The Morgan fingerprint density at radius 1 is 0.978 bits per heavy atom. The van der Waals surface area contributed by atoms with Gasteiger partial charge in [0, 0.05) is 62.0 Å². The number of aromatic nitrogens is 6. The second-order valence-electron chi connectivity index (χ2n) is 10.8. The molecule has 0 atom stereocenters. The van der Waals surface area contributed by atoms with Crippen LogP contribution in [0.5, 0.6) is 11.5 Å². The summed E-state index contributed by atoms with van der Waals surface area (Å²) < 4.78 is 42.9. The van der Waals surface area contributed by atoms with Crippen molar-refractivity contribution in [2.75, 3.05) is 58.3 Å². The number of benzene rings is 2. The minimum atomic E-state index is -0.707. The van der Waals surface area contributed by atoms with Crippen molar-refractivity contribution in [1.82, 2.24) is 39.5 Å². The summed E-state index contributed by atoms with van der Waals surface area (Å²) in [5, 5.41) is 8.68. The predicted octanol–water partition coefficient (Wildman–Crippen LogP) is 4.77. The molecule has 0 unspecified atom stereocenters. The number of hydrogen-bond donors (Lipinski definition) is 1. The molecule has 234 valence electrons. The van der Waals surface area contributed by atoms with Crippen LogP contribution in [-0.4, -0.2) is 92.5 Å². The van der Waals surface area contributed by atoms with E-state index in [1.807, 2.05) is 24.3 Å². The summed E-state index contributed by atoms with van der Waals surface area (Å²) in [5.74, 6) is 0.467. The summed E-state index contributed by atoms with van der Waals surface area (Å²) in [4.78, 5) is 22.4. The molecule has 0 amide bonds. The van der Waals surface area contributed by atoms with E-state index in [0.29, 0.717) is 47.6 Å². The van der Waals surface area contributed by atoms with Gasteiger partial charge in [-0.15, -0.1) is 0 Å². The SMILES string of the molecule is CCOc1cc(F)c(Cn2nc(-c3ncc(OCCCN4CCN(C)CC4)c(Nc4ccncn4)n3)c3ccccc32)c(F)c1. The Balaban J connectivity index is 1.27. The van der Waals surface area contributed by atoms with E-state index in [-0.39, 0.29) is 17.9 Å². The van der Waals surface area contributed by atoms with Crippen LogP contribution >= 0.6 is 0 Å². The molecule has 1 aliphatic rings. The van der Waals surface area contributed by atoms with E-state index in [4.69, 9.17) is 19.6 Å². The summed E-state index contributed by atoms with van der Waals surface area (Å²) in [6.45, 7) is 7.59. The molecule has 0 saturated carbocycles. The summed E-state index contributed by atoms with van der Waals surface area (Å²) in [6.07, 6.45) is 5.53. The molecule has 0 aliphatic carbocycles. The molecule has 1 N–H and O–H groups in total. The first-order chi connectivity index (χ1) is 22.0. The van der Waals surface area contributed by atoms with Crippen molar-refractivity contribution in [1.29, 1.82) is 0 Å². The van der Waals surface area contributed by atoms with Crippen LogP contribution < -0.4 is 14.8 Å². The van der Waals surface area contributed by atoms with E-state index in [0.717, 1.165) is 44.5 Å². The highest BCUT2D eigenvalue weighted by Gasteiger charge is 2.20. The van der Waals surface area contributed by atoms with E-state index in [9.17, 15) is 8.78 Å². The summed E-state index contributed by atoms with van der Waals surface area (Å²) in [7, 11) is 2.14. The molecule has 3 aromatic heterocycles. The molecule has 13 heteroatoms. The van der Waals surface area contributed by atoms with Crippen molar-refractivity contribution in [3.05, 3.63) is 78.4 Å². The van der Waals surface area contributed by atoms with Crippen molar-refractivity contribution >= 4 is 22.5 Å². The molecule has 0 bridgehead atoms. The Hall–Kier alpha value is -4.75. The average Bonchev–Trinajstić information content (AvgIpc) is 3.41. The third-order valence-electron chi connectivity index (χ3n) is 7.66. The van der Waals surface area contributed by atoms with Gasteiger partial charge in [-0.25, -0.2) is 28.7 Å². The second-order valence-corrected chi connectivity index (χ2v) is 10.8. The van der Waals surface area contributed by atoms with Crippen LogP contribution in [0.15, 0.2) is 61.2 Å². The highest BCUT2D eigenvalue weighted by Crippen LogP contribution is 2.32. The minimum absolute atomic E-state index is 0.120. The molecular formula is C32H35F2N9O2. The van der Waals surface area contributed by atoms with E-state index in [1.165, 1.54) is 18.5 Å². The normalized spacial score (nSPS) is 14.1. The fraction of sp³-hybridized carbons (Fsp3) is 0.344. The smallest absolute Gasteiger partial charge is 0.183 e. The fourth-order valence-electron chi connectivity index (χ4n) is 5.25. The first kappa shape index (κ1) is 30.3. The number of likely N-dealkylation sites (N-methyl/N-ethyl adjacent to an activating group) is 1. The predicted molar refractivity (Wildman–Crippen MR) is 167 cm³/mol. The number of halogens is 2. The third kappa shape index (κ3) is 7.15. The summed E-state index contributed by atoms with van der Waals surface area (Å²) in [5.41, 5.74) is 1.02. The van der Waals surface area contributed by atoms with Crippen LogP contribution in [0.3, 0.4) is 0 Å². The number of hydrogen-bond acceptors (Lipinski definition) is 10. The molecule has 6 rings (SSSR count). The van der Waals surface area contributed by atoms with Crippen molar-refractivity contribution in [2.24, 2.45) is 0 Å². The third-order valence-corrected chi connectivity index (χ3v) is 7.66. The van der Waals surface area contributed by atoms with Crippen LogP contribution in [0.2, 0.25) is 0 Å². The number of ether oxygens (including phenoxy) is 2. The van der Waals surface area contributed by atoms with Gasteiger partial charge in [-0.3, -0.25) is 4.68 Å². The lowest BCUT2D eigenvalue weighted by Crippen LogP contribution is -2.44. The maximum absolute atomic E-state index is 15.0. The molecule has 45 heavy (non-hydrogen) atoms. The monoisotopic (exact) mass is 615 g/mol. The maximum atomic E-state index is 15.0. The van der Waals surface area contributed by atoms with Crippen LogP contribution in [0.1, 0.15) is 18.9 Å². The number of nitrogens with one attached hydrogen (secondary N) is 1. The summed E-state index contributed by atoms with van der Waals surface area (Å²) >= 11 is 0. The fourth-order valence-corrected chi connectivity index (χ4v) is 5.25. The Labute approximate surface area is 259 Å². The lowest BCUT2D eigenvalue weighted by atomic mass is 10.1. The lowest BCUT2D eigenvalue weighted by molar-refractivity contribution is 0.145. The highest BCUT2D eigenvalue weighted by molar-refractivity contribution is 5.92. The lowest BCUT2D eigenvalue weighted by Gasteiger charge is -2.32. The van der Waals surface area contributed by atoms with E-state index in [1.54, 1.807) is 30.1 Å². The van der Waals surface area contributed by atoms with Gasteiger partial charge in [-0.05, 0) is 32.5 Å². The zero-order chi connectivity index (χ0) is 31.2. The van der Waals surface area contributed by atoms with Gasteiger partial charge in [0.15, 0.2) is 17.4 Å². The largest absolute Gasteiger partial charge is 0.494 e. The molecule has 5 aromatic rings. The number of para-hydroxylation sites is 1. The van der Waals surface area contributed by atoms with E-state index < -0.39 is 11.6 Å². The molecule has 1 aliphatic heterocycles. The number of piperazine rings is 1. The molecule has 4 heterocycles. The molecular weight excluding hydrogens is 580 g/mol. The first-order valence-corrected chi connectivity index (χ1v) is 15.0. The zero-order valence-corrected chi connectivity index (χ0v) is 25.3. The van der Waals surface area contributed by atoms with Crippen LogP contribution in [0, 0.1) is 11.6 Å². The first-order valence-electron chi connectivity index (χ1n) is 15.0. The number of anilines is 2. The van der Waals surface area contributed by atoms with Gasteiger partial charge in [0.05, 0.1) is 31.5 Å². The Morgan fingerprint density at radius 3 is 2.53 bits per heavy atom. The van der Waals surface area contributed by atoms with Crippen molar-refractivity contribution in [3.8, 4) is 23.0 Å². The molecule has 0 spiro atoms. The average molecular weight is 616 g/mol. The van der Waals surface area contributed by atoms with Gasteiger partial charge in [-0.1, -0.05) is 18.2 Å². The van der Waals surface area contributed by atoms with E-state index >= 15 is 0 Å². The molecule has 11 nitrogen and oxygen atoms in total. The van der Waals surface area contributed by atoms with Gasteiger partial charge in [0.2, 0.25) is 0 Å². The van der Waals surface area contributed by atoms with Crippen molar-refractivity contribution in [3.63, 3.8) is 0 Å². The maximum Gasteiger partial charge on any atom is 0.183 e. The van der Waals surface area contributed by atoms with Gasteiger partial charge < -0.3 is 24.6 Å². The van der Waals surface area contributed by atoms with Crippen molar-refractivity contribution in [2.45, 2.75) is 19.9 Å². The van der Waals surface area contributed by atoms with Crippen LogP contribution in [0.25, 0.3) is 22.4 Å². The van der Waals surface area contributed by atoms with Crippen LogP contribution in [-0.2, 0) is 6.54 Å². The van der Waals surface area contributed by atoms with Crippen molar-refractivity contribution < 1.29 is 18.3 Å². The molecule has 0 radical (unpaired) electrons. The van der Waals surface area contributed by atoms with Crippen LogP contribution in [0.4, 0.5) is 20.4 Å². The van der Waals surface area contributed by atoms with Gasteiger partial charge in [-0.2, -0.15) is 5.10 Å². The standard InChI is InChI=1S/C32H35F2N9O2/c1-3-44-22-17-25(33)24(26(34)18-22)20-43-27-8-5-4-7-23(27)30(40-43)32-36-19-28(31(39-32)38-29-9-10-35-21-37-29)45-16-6-11-42-14-12-41(2)13-15-42/h4-5,7-10,17-19,21H,3,6,11-16,20H2,1-2H3,(H,35,36,37,38,39). The molecule has 1 fully saturated rings. The highest BCUT2D eigenvalue weighted by atomic mass is 19.1. The molecule has 1 saturated heterocycles. The minimum Gasteiger partial charge on any atom is -0.494 e. The molecule has 2 aromatic carbocycles. The Morgan fingerprint density at radius 2 is 1.78 bits per heavy atom.